The summed E-state index contributed by atoms with van der Waals surface area (Å²) >= 11 is 1.55. The highest BCUT2D eigenvalue weighted by Gasteiger charge is 2.24. The van der Waals surface area contributed by atoms with Gasteiger partial charge in [0, 0.05) is 18.2 Å². The molecular weight excluding hydrogens is 261 g/mol. The van der Waals surface area contributed by atoms with E-state index < -0.39 is 5.60 Å². The summed E-state index contributed by atoms with van der Waals surface area (Å²) in [5, 5.41) is 17.4. The SMILES string of the molecule is C[C@@H](NC[C@](C)(O)c1ccsc1)c1ccccc1F. The van der Waals surface area contributed by atoms with Crippen LogP contribution in [0.2, 0.25) is 0 Å². The van der Waals surface area contributed by atoms with E-state index in [4.69, 9.17) is 0 Å². The molecule has 0 radical (unpaired) electrons. The first-order valence-electron chi connectivity index (χ1n) is 6.23. The number of nitrogens with one attached hydrogen (secondary N) is 1. The molecule has 2 N–H and O–H groups in total. The molecule has 0 unspecified atom stereocenters. The molecule has 2 nitrogen and oxygen atoms in total. The summed E-state index contributed by atoms with van der Waals surface area (Å²) in [5.41, 5.74) is 0.550. The van der Waals surface area contributed by atoms with Crippen molar-refractivity contribution in [2.75, 3.05) is 6.54 Å². The second kappa shape index (κ2) is 5.82. The van der Waals surface area contributed by atoms with Gasteiger partial charge in [0.15, 0.2) is 0 Å². The summed E-state index contributed by atoms with van der Waals surface area (Å²) in [6, 6.07) is 8.45. The molecule has 0 amide bonds. The van der Waals surface area contributed by atoms with E-state index >= 15 is 0 Å². The Morgan fingerprint density at radius 1 is 1.37 bits per heavy atom. The number of hydrogen-bond donors (Lipinski definition) is 2. The molecule has 2 aromatic rings. The van der Waals surface area contributed by atoms with Gasteiger partial charge in [-0.2, -0.15) is 11.3 Å². The van der Waals surface area contributed by atoms with Crippen molar-refractivity contribution >= 4 is 11.3 Å². The number of aliphatic hydroxyl groups is 1. The van der Waals surface area contributed by atoms with E-state index in [-0.39, 0.29) is 11.9 Å². The van der Waals surface area contributed by atoms with Gasteiger partial charge in [-0.25, -0.2) is 4.39 Å². The van der Waals surface area contributed by atoms with E-state index in [0.717, 1.165) is 5.56 Å². The lowest BCUT2D eigenvalue weighted by atomic mass is 9.98. The van der Waals surface area contributed by atoms with Crippen LogP contribution in [-0.2, 0) is 5.60 Å². The van der Waals surface area contributed by atoms with Crippen LogP contribution in [0.25, 0.3) is 0 Å². The summed E-state index contributed by atoms with van der Waals surface area (Å²) in [4.78, 5) is 0. The first-order chi connectivity index (χ1) is 9.00. The van der Waals surface area contributed by atoms with E-state index in [1.165, 1.54) is 6.07 Å². The second-order valence-electron chi connectivity index (χ2n) is 4.91. The lowest BCUT2D eigenvalue weighted by molar-refractivity contribution is 0.0547. The Morgan fingerprint density at radius 3 is 2.74 bits per heavy atom. The van der Waals surface area contributed by atoms with Gasteiger partial charge in [0.2, 0.25) is 0 Å². The van der Waals surface area contributed by atoms with Gasteiger partial charge in [-0.1, -0.05) is 18.2 Å². The largest absolute Gasteiger partial charge is 0.384 e. The smallest absolute Gasteiger partial charge is 0.127 e. The van der Waals surface area contributed by atoms with Crippen molar-refractivity contribution in [2.45, 2.75) is 25.5 Å². The Kier molecular flexibility index (Phi) is 4.34. The van der Waals surface area contributed by atoms with Gasteiger partial charge in [0.25, 0.3) is 0 Å². The molecule has 0 fully saturated rings. The molecule has 0 aliphatic rings. The van der Waals surface area contributed by atoms with Gasteiger partial charge in [-0.15, -0.1) is 0 Å². The van der Waals surface area contributed by atoms with E-state index in [9.17, 15) is 9.50 Å². The van der Waals surface area contributed by atoms with E-state index in [2.05, 4.69) is 5.32 Å². The van der Waals surface area contributed by atoms with Crippen molar-refractivity contribution in [3.8, 4) is 0 Å². The number of halogens is 1. The molecule has 19 heavy (non-hydrogen) atoms. The third-order valence-corrected chi connectivity index (χ3v) is 3.95. The molecule has 2 rings (SSSR count). The van der Waals surface area contributed by atoms with Crippen LogP contribution >= 0.6 is 11.3 Å². The molecule has 1 aromatic heterocycles. The second-order valence-corrected chi connectivity index (χ2v) is 5.69. The van der Waals surface area contributed by atoms with Crippen LogP contribution in [0.5, 0.6) is 0 Å². The predicted octanol–water partition coefficient (Wildman–Crippen LogP) is 3.45. The van der Waals surface area contributed by atoms with Crippen LogP contribution in [0.4, 0.5) is 4.39 Å². The fourth-order valence-electron chi connectivity index (χ4n) is 1.96. The van der Waals surface area contributed by atoms with Crippen LogP contribution in [0.3, 0.4) is 0 Å². The first kappa shape index (κ1) is 14.2. The topological polar surface area (TPSA) is 32.3 Å². The van der Waals surface area contributed by atoms with Crippen LogP contribution < -0.4 is 5.32 Å². The Balaban J connectivity index is 2.01. The molecular formula is C15H18FNOS. The predicted molar refractivity (Wildman–Crippen MR) is 76.7 cm³/mol. The van der Waals surface area contributed by atoms with Gasteiger partial charge < -0.3 is 10.4 Å². The minimum absolute atomic E-state index is 0.147. The van der Waals surface area contributed by atoms with Crippen LogP contribution in [-0.4, -0.2) is 11.7 Å². The lowest BCUT2D eigenvalue weighted by Crippen LogP contribution is -2.36. The minimum atomic E-state index is -0.945. The Hall–Kier alpha value is -1.23. The van der Waals surface area contributed by atoms with Crippen molar-refractivity contribution in [2.24, 2.45) is 0 Å². The average Bonchev–Trinajstić information content (AvgIpc) is 2.91. The summed E-state index contributed by atoms with van der Waals surface area (Å²) in [6.07, 6.45) is 0. The number of hydrogen-bond acceptors (Lipinski definition) is 3. The van der Waals surface area contributed by atoms with Crippen LogP contribution in [0, 0.1) is 5.82 Å². The molecule has 0 saturated carbocycles. The molecule has 4 heteroatoms. The molecule has 0 saturated heterocycles. The summed E-state index contributed by atoms with van der Waals surface area (Å²) in [7, 11) is 0. The van der Waals surface area contributed by atoms with Gasteiger partial charge in [0.1, 0.15) is 11.4 Å². The quantitative estimate of drug-likeness (QED) is 0.878. The van der Waals surface area contributed by atoms with Crippen LogP contribution in [0.1, 0.15) is 31.0 Å². The third kappa shape index (κ3) is 3.41. The molecule has 2 atom stereocenters. The maximum Gasteiger partial charge on any atom is 0.127 e. The van der Waals surface area contributed by atoms with Gasteiger partial charge in [-0.05, 0) is 42.3 Å². The van der Waals surface area contributed by atoms with E-state index in [0.29, 0.717) is 12.1 Å². The summed E-state index contributed by atoms with van der Waals surface area (Å²) in [5.74, 6) is -0.224. The van der Waals surface area contributed by atoms with Crippen molar-refractivity contribution in [1.29, 1.82) is 0 Å². The van der Waals surface area contributed by atoms with Gasteiger partial charge >= 0.3 is 0 Å². The van der Waals surface area contributed by atoms with Gasteiger partial charge in [0.05, 0.1) is 0 Å². The first-order valence-corrected chi connectivity index (χ1v) is 7.18. The highest BCUT2D eigenvalue weighted by molar-refractivity contribution is 7.08. The van der Waals surface area contributed by atoms with E-state index in [1.807, 2.05) is 29.8 Å². The minimum Gasteiger partial charge on any atom is -0.384 e. The highest BCUT2D eigenvalue weighted by Crippen LogP contribution is 2.24. The fraction of sp³-hybridized carbons (Fsp3) is 0.333. The maximum atomic E-state index is 13.6. The molecule has 0 spiro atoms. The van der Waals surface area contributed by atoms with Crippen molar-refractivity contribution in [1.82, 2.24) is 5.32 Å². The van der Waals surface area contributed by atoms with Crippen molar-refractivity contribution in [3.63, 3.8) is 0 Å². The zero-order valence-corrected chi connectivity index (χ0v) is 11.9. The molecule has 0 bridgehead atoms. The van der Waals surface area contributed by atoms with Crippen molar-refractivity contribution < 1.29 is 9.50 Å². The van der Waals surface area contributed by atoms with Crippen molar-refractivity contribution in [3.05, 3.63) is 58.0 Å². The summed E-state index contributed by atoms with van der Waals surface area (Å²) in [6.45, 7) is 4.03. The molecule has 1 heterocycles. The highest BCUT2D eigenvalue weighted by atomic mass is 32.1. The molecule has 102 valence electrons. The molecule has 0 aliphatic heterocycles. The van der Waals surface area contributed by atoms with E-state index in [1.54, 1.807) is 30.4 Å². The summed E-state index contributed by atoms with van der Waals surface area (Å²) < 4.78 is 13.6. The molecule has 0 aliphatic carbocycles. The Bertz CT molecular complexity index is 525. The molecule has 1 aromatic carbocycles. The third-order valence-electron chi connectivity index (χ3n) is 3.27. The Labute approximate surface area is 116 Å². The lowest BCUT2D eigenvalue weighted by Gasteiger charge is -2.25. The number of thiophene rings is 1. The monoisotopic (exact) mass is 279 g/mol. The zero-order valence-electron chi connectivity index (χ0n) is 11.1. The zero-order chi connectivity index (χ0) is 13.9. The average molecular weight is 279 g/mol. The van der Waals surface area contributed by atoms with Gasteiger partial charge in [-0.3, -0.25) is 0 Å². The number of rotatable bonds is 5. The normalized spacial score (nSPS) is 16.0. The Morgan fingerprint density at radius 2 is 2.11 bits per heavy atom. The number of benzene rings is 1. The standard InChI is InChI=1S/C15H18FNOS/c1-11(13-5-3-4-6-14(13)16)17-10-15(2,18)12-7-8-19-9-12/h3-9,11,17-18H,10H2,1-2H3/t11-,15+/m1/s1. The maximum absolute atomic E-state index is 13.6. The fourth-order valence-corrected chi connectivity index (χ4v) is 2.74. The van der Waals surface area contributed by atoms with Crippen LogP contribution in [0.15, 0.2) is 41.1 Å².